The van der Waals surface area contributed by atoms with E-state index in [9.17, 15) is 4.79 Å². The SMILES string of the molecule is Cc1ccccc1-c1nc(OCC(C)C)nn1-c1ccc(NC(=O)C(C)(C)C)cc1. The van der Waals surface area contributed by atoms with E-state index in [-0.39, 0.29) is 5.91 Å². The number of carbonyl (C=O) groups is 1. The van der Waals surface area contributed by atoms with E-state index < -0.39 is 5.41 Å². The Morgan fingerprint density at radius 1 is 1.10 bits per heavy atom. The lowest BCUT2D eigenvalue weighted by molar-refractivity contribution is -0.123. The maximum Gasteiger partial charge on any atom is 0.336 e. The quantitative estimate of drug-likeness (QED) is 0.606. The summed E-state index contributed by atoms with van der Waals surface area (Å²) >= 11 is 0. The minimum absolute atomic E-state index is 0.0269. The van der Waals surface area contributed by atoms with Gasteiger partial charge in [0.05, 0.1) is 12.3 Å². The van der Waals surface area contributed by atoms with Gasteiger partial charge < -0.3 is 10.1 Å². The van der Waals surface area contributed by atoms with Crippen LogP contribution in [-0.2, 0) is 4.79 Å². The first-order chi connectivity index (χ1) is 14.1. The molecule has 0 fully saturated rings. The van der Waals surface area contributed by atoms with Crippen LogP contribution < -0.4 is 10.1 Å². The number of benzene rings is 2. The molecule has 30 heavy (non-hydrogen) atoms. The summed E-state index contributed by atoms with van der Waals surface area (Å²) in [7, 11) is 0. The summed E-state index contributed by atoms with van der Waals surface area (Å²) in [6, 6.07) is 16.0. The first-order valence-electron chi connectivity index (χ1n) is 10.2. The third kappa shape index (κ3) is 5.06. The van der Waals surface area contributed by atoms with Gasteiger partial charge in [0, 0.05) is 16.7 Å². The van der Waals surface area contributed by atoms with Crippen LogP contribution in [0.2, 0.25) is 0 Å². The molecule has 1 heterocycles. The normalized spacial score (nSPS) is 11.6. The minimum atomic E-state index is -0.453. The molecule has 0 bridgehead atoms. The molecule has 6 nitrogen and oxygen atoms in total. The number of aryl methyl sites for hydroxylation is 1. The number of hydrogen-bond donors (Lipinski definition) is 1. The fourth-order valence-electron chi connectivity index (χ4n) is 2.78. The summed E-state index contributed by atoms with van der Waals surface area (Å²) in [6.45, 7) is 12.4. The molecule has 3 aromatic rings. The van der Waals surface area contributed by atoms with Gasteiger partial charge in [0.1, 0.15) is 0 Å². The summed E-state index contributed by atoms with van der Waals surface area (Å²) in [5, 5.41) is 7.54. The summed E-state index contributed by atoms with van der Waals surface area (Å²) in [5.74, 6) is 1.07. The molecule has 158 valence electrons. The van der Waals surface area contributed by atoms with Crippen LogP contribution in [0, 0.1) is 18.3 Å². The van der Waals surface area contributed by atoms with Gasteiger partial charge in [-0.2, -0.15) is 4.98 Å². The van der Waals surface area contributed by atoms with E-state index >= 15 is 0 Å². The van der Waals surface area contributed by atoms with Gasteiger partial charge >= 0.3 is 6.01 Å². The Morgan fingerprint density at radius 2 is 1.77 bits per heavy atom. The summed E-state index contributed by atoms with van der Waals surface area (Å²) in [5.41, 5.74) is 3.23. The molecule has 1 aromatic heterocycles. The predicted octanol–water partition coefficient (Wildman–Crippen LogP) is 5.26. The highest BCUT2D eigenvalue weighted by molar-refractivity contribution is 5.94. The van der Waals surface area contributed by atoms with Crippen LogP contribution in [0.5, 0.6) is 6.01 Å². The summed E-state index contributed by atoms with van der Waals surface area (Å²) < 4.78 is 7.57. The van der Waals surface area contributed by atoms with Crippen molar-refractivity contribution in [3.05, 3.63) is 54.1 Å². The molecule has 1 N–H and O–H groups in total. The third-order valence-corrected chi connectivity index (χ3v) is 4.57. The van der Waals surface area contributed by atoms with E-state index in [2.05, 4.69) is 29.2 Å². The van der Waals surface area contributed by atoms with Gasteiger partial charge in [0.25, 0.3) is 0 Å². The molecule has 0 aliphatic rings. The maximum atomic E-state index is 12.2. The molecule has 0 saturated carbocycles. The van der Waals surface area contributed by atoms with Crippen LogP contribution in [0.15, 0.2) is 48.5 Å². The lowest BCUT2D eigenvalue weighted by Gasteiger charge is -2.17. The number of hydrogen-bond acceptors (Lipinski definition) is 4. The van der Waals surface area contributed by atoms with Gasteiger partial charge in [-0.1, -0.05) is 58.9 Å². The second-order valence-electron chi connectivity index (χ2n) is 8.90. The molecule has 1 amide bonds. The average molecular weight is 407 g/mol. The van der Waals surface area contributed by atoms with Crippen molar-refractivity contribution < 1.29 is 9.53 Å². The molecule has 6 heteroatoms. The summed E-state index contributed by atoms with van der Waals surface area (Å²) in [4.78, 5) is 16.9. The number of ether oxygens (including phenoxy) is 1. The topological polar surface area (TPSA) is 69.0 Å². The number of nitrogens with one attached hydrogen (secondary N) is 1. The molecule has 0 radical (unpaired) electrons. The standard InChI is InChI=1S/C24H30N4O2/c1-16(2)15-30-23-26-21(20-10-8-7-9-17(20)3)28(27-23)19-13-11-18(12-14-19)25-22(29)24(4,5)6/h7-14,16H,15H2,1-6H3,(H,25,29). The van der Waals surface area contributed by atoms with E-state index in [0.29, 0.717) is 18.5 Å². The Hall–Kier alpha value is -3.15. The third-order valence-electron chi connectivity index (χ3n) is 4.57. The first-order valence-corrected chi connectivity index (χ1v) is 10.2. The minimum Gasteiger partial charge on any atom is -0.462 e. The van der Waals surface area contributed by atoms with E-state index in [1.807, 2.05) is 76.2 Å². The predicted molar refractivity (Wildman–Crippen MR) is 120 cm³/mol. The molecule has 0 saturated heterocycles. The van der Waals surface area contributed by atoms with Gasteiger partial charge in [0.2, 0.25) is 5.91 Å². The Balaban J connectivity index is 1.95. The Kier molecular flexibility index (Phi) is 6.25. The van der Waals surface area contributed by atoms with Gasteiger partial charge in [-0.3, -0.25) is 4.79 Å². The molecule has 0 aliphatic carbocycles. The molecule has 3 rings (SSSR count). The zero-order chi connectivity index (χ0) is 21.9. The molecule has 0 spiro atoms. The second kappa shape index (κ2) is 8.69. The zero-order valence-corrected chi connectivity index (χ0v) is 18.6. The molecule has 0 atom stereocenters. The van der Waals surface area contributed by atoms with Crippen LogP contribution in [0.4, 0.5) is 5.69 Å². The number of nitrogens with zero attached hydrogens (tertiary/aromatic N) is 3. The Morgan fingerprint density at radius 3 is 2.37 bits per heavy atom. The summed E-state index contributed by atoms with van der Waals surface area (Å²) in [6.07, 6.45) is 0. The highest BCUT2D eigenvalue weighted by Crippen LogP contribution is 2.27. The number of anilines is 1. The molecule has 0 aliphatic heterocycles. The number of aromatic nitrogens is 3. The Labute approximate surface area is 178 Å². The van der Waals surface area contributed by atoms with E-state index in [4.69, 9.17) is 4.74 Å². The van der Waals surface area contributed by atoms with Gasteiger partial charge in [-0.25, -0.2) is 4.68 Å². The van der Waals surface area contributed by atoms with Crippen LogP contribution >= 0.6 is 0 Å². The second-order valence-corrected chi connectivity index (χ2v) is 8.90. The van der Waals surface area contributed by atoms with E-state index in [1.54, 1.807) is 4.68 Å². The largest absolute Gasteiger partial charge is 0.462 e. The maximum absolute atomic E-state index is 12.2. The monoisotopic (exact) mass is 406 g/mol. The molecular formula is C24H30N4O2. The van der Waals surface area contributed by atoms with Crippen molar-refractivity contribution in [2.24, 2.45) is 11.3 Å². The van der Waals surface area contributed by atoms with Crippen molar-refractivity contribution >= 4 is 11.6 Å². The lowest BCUT2D eigenvalue weighted by atomic mass is 9.95. The Bertz CT molecular complexity index is 1010. The smallest absolute Gasteiger partial charge is 0.336 e. The molecule has 0 unspecified atom stereocenters. The van der Waals surface area contributed by atoms with E-state index in [1.165, 1.54) is 0 Å². The number of rotatable bonds is 6. The first kappa shape index (κ1) is 21.6. The highest BCUT2D eigenvalue weighted by Gasteiger charge is 2.21. The molecular weight excluding hydrogens is 376 g/mol. The fraction of sp³-hybridized carbons (Fsp3) is 0.375. The van der Waals surface area contributed by atoms with Crippen LogP contribution in [-0.4, -0.2) is 27.3 Å². The lowest BCUT2D eigenvalue weighted by Crippen LogP contribution is -2.27. The van der Waals surface area contributed by atoms with Crippen LogP contribution in [0.1, 0.15) is 40.2 Å². The van der Waals surface area contributed by atoms with Crippen molar-refractivity contribution in [3.63, 3.8) is 0 Å². The van der Waals surface area contributed by atoms with Gasteiger partial charge in [0.15, 0.2) is 5.82 Å². The average Bonchev–Trinajstić information content (AvgIpc) is 3.10. The van der Waals surface area contributed by atoms with Crippen molar-refractivity contribution in [3.8, 4) is 23.1 Å². The van der Waals surface area contributed by atoms with Crippen LogP contribution in [0.25, 0.3) is 17.1 Å². The van der Waals surface area contributed by atoms with Crippen molar-refractivity contribution in [1.82, 2.24) is 14.8 Å². The van der Waals surface area contributed by atoms with Crippen molar-refractivity contribution in [1.29, 1.82) is 0 Å². The zero-order valence-electron chi connectivity index (χ0n) is 18.6. The van der Waals surface area contributed by atoms with Crippen LogP contribution in [0.3, 0.4) is 0 Å². The van der Waals surface area contributed by atoms with Crippen molar-refractivity contribution in [2.75, 3.05) is 11.9 Å². The number of amides is 1. The van der Waals surface area contributed by atoms with Gasteiger partial charge in [-0.05, 0) is 42.7 Å². The van der Waals surface area contributed by atoms with Crippen molar-refractivity contribution in [2.45, 2.75) is 41.5 Å². The highest BCUT2D eigenvalue weighted by atomic mass is 16.5. The van der Waals surface area contributed by atoms with Gasteiger partial charge in [-0.15, -0.1) is 5.10 Å². The fourth-order valence-corrected chi connectivity index (χ4v) is 2.78. The molecule has 2 aromatic carbocycles. The van der Waals surface area contributed by atoms with E-state index in [0.717, 1.165) is 28.3 Å². The number of carbonyl (C=O) groups excluding carboxylic acids is 1.